The lowest BCUT2D eigenvalue weighted by atomic mass is 10.1. The van der Waals surface area contributed by atoms with E-state index >= 15 is 0 Å². The lowest BCUT2D eigenvalue weighted by molar-refractivity contribution is -0.119. The van der Waals surface area contributed by atoms with E-state index in [4.69, 9.17) is 9.47 Å². The fourth-order valence-corrected chi connectivity index (χ4v) is 2.29. The number of amides is 1. The molecule has 0 aromatic heterocycles. The minimum absolute atomic E-state index is 0.0181. The SMILES string of the molecule is COc1cc(C(=O)OCC(=O)Nc2ccccc2C(C)=O)ccc1OC(F)F. The van der Waals surface area contributed by atoms with E-state index in [-0.39, 0.29) is 22.8 Å². The maximum Gasteiger partial charge on any atom is 0.387 e. The van der Waals surface area contributed by atoms with Gasteiger partial charge in [-0.2, -0.15) is 8.78 Å². The fraction of sp³-hybridized carbons (Fsp3) is 0.211. The van der Waals surface area contributed by atoms with Crippen LogP contribution < -0.4 is 14.8 Å². The molecule has 0 bridgehead atoms. The van der Waals surface area contributed by atoms with Gasteiger partial charge in [0, 0.05) is 5.56 Å². The number of benzene rings is 2. The summed E-state index contributed by atoms with van der Waals surface area (Å²) in [6.45, 7) is -2.30. The van der Waals surface area contributed by atoms with Crippen LogP contribution in [0.2, 0.25) is 0 Å². The average Bonchev–Trinajstić information content (AvgIpc) is 2.66. The van der Waals surface area contributed by atoms with Gasteiger partial charge in [-0.05, 0) is 37.3 Å². The molecule has 2 rings (SSSR count). The summed E-state index contributed by atoms with van der Waals surface area (Å²) in [5.74, 6) is -2.07. The van der Waals surface area contributed by atoms with Crippen molar-refractivity contribution in [2.24, 2.45) is 0 Å². The first kappa shape index (κ1) is 20.8. The standard InChI is InChI=1S/C19H17F2NO6/c1-11(23)13-5-3-4-6-14(13)22-17(24)10-27-18(25)12-7-8-15(28-19(20)21)16(9-12)26-2/h3-9,19H,10H2,1-2H3,(H,22,24). The van der Waals surface area contributed by atoms with E-state index in [1.807, 2.05) is 0 Å². The lowest BCUT2D eigenvalue weighted by Crippen LogP contribution is -2.22. The van der Waals surface area contributed by atoms with Crippen LogP contribution in [0.4, 0.5) is 14.5 Å². The molecule has 2 aromatic carbocycles. The summed E-state index contributed by atoms with van der Waals surface area (Å²) in [4.78, 5) is 35.6. The number of carbonyl (C=O) groups excluding carboxylic acids is 3. The van der Waals surface area contributed by atoms with Crippen molar-refractivity contribution in [2.75, 3.05) is 19.0 Å². The van der Waals surface area contributed by atoms with Crippen molar-refractivity contribution < 1.29 is 37.4 Å². The first-order valence-corrected chi connectivity index (χ1v) is 8.01. The zero-order chi connectivity index (χ0) is 20.7. The van der Waals surface area contributed by atoms with Gasteiger partial charge >= 0.3 is 12.6 Å². The summed E-state index contributed by atoms with van der Waals surface area (Å²) in [5, 5.41) is 2.49. The molecule has 0 heterocycles. The molecule has 0 aliphatic carbocycles. The van der Waals surface area contributed by atoms with Crippen LogP contribution in [0.3, 0.4) is 0 Å². The second-order valence-corrected chi connectivity index (χ2v) is 5.47. The van der Waals surface area contributed by atoms with E-state index in [1.54, 1.807) is 24.3 Å². The largest absolute Gasteiger partial charge is 0.493 e. The van der Waals surface area contributed by atoms with E-state index in [1.165, 1.54) is 20.1 Å². The van der Waals surface area contributed by atoms with Crippen molar-refractivity contribution in [3.8, 4) is 11.5 Å². The topological polar surface area (TPSA) is 90.9 Å². The third kappa shape index (κ3) is 5.50. The van der Waals surface area contributed by atoms with Gasteiger partial charge in [-0.25, -0.2) is 4.79 Å². The van der Waals surface area contributed by atoms with E-state index in [0.29, 0.717) is 11.3 Å². The summed E-state index contributed by atoms with van der Waals surface area (Å²) < 4.78 is 38.7. The Morgan fingerprint density at radius 2 is 1.79 bits per heavy atom. The van der Waals surface area contributed by atoms with Crippen molar-refractivity contribution in [3.63, 3.8) is 0 Å². The third-order valence-electron chi connectivity index (χ3n) is 3.53. The number of para-hydroxylation sites is 1. The highest BCUT2D eigenvalue weighted by Crippen LogP contribution is 2.29. The van der Waals surface area contributed by atoms with Gasteiger partial charge in [0.25, 0.3) is 5.91 Å². The van der Waals surface area contributed by atoms with Gasteiger partial charge in [0.2, 0.25) is 0 Å². The quantitative estimate of drug-likeness (QED) is 0.547. The molecule has 0 fully saturated rings. The van der Waals surface area contributed by atoms with Gasteiger partial charge in [-0.15, -0.1) is 0 Å². The molecule has 0 saturated heterocycles. The Bertz CT molecular complexity index is 884. The van der Waals surface area contributed by atoms with Gasteiger partial charge < -0.3 is 19.5 Å². The number of carbonyl (C=O) groups is 3. The Morgan fingerprint density at radius 3 is 2.43 bits per heavy atom. The molecule has 28 heavy (non-hydrogen) atoms. The average molecular weight is 393 g/mol. The van der Waals surface area contributed by atoms with E-state index in [9.17, 15) is 23.2 Å². The molecule has 2 aromatic rings. The Hall–Kier alpha value is -3.49. The smallest absolute Gasteiger partial charge is 0.387 e. The summed E-state index contributed by atoms with van der Waals surface area (Å²) >= 11 is 0. The molecular formula is C19H17F2NO6. The highest BCUT2D eigenvalue weighted by Gasteiger charge is 2.17. The number of ketones is 1. The molecule has 0 unspecified atom stereocenters. The monoisotopic (exact) mass is 393 g/mol. The molecule has 1 N–H and O–H groups in total. The van der Waals surface area contributed by atoms with Crippen LogP contribution in [-0.4, -0.2) is 38.0 Å². The molecule has 0 saturated carbocycles. The number of methoxy groups -OCH3 is 1. The number of rotatable bonds is 8. The molecular weight excluding hydrogens is 376 g/mol. The predicted molar refractivity (Wildman–Crippen MR) is 95.0 cm³/mol. The number of hydrogen-bond donors (Lipinski definition) is 1. The molecule has 0 atom stereocenters. The second kappa shape index (κ2) is 9.45. The van der Waals surface area contributed by atoms with Crippen molar-refractivity contribution in [3.05, 3.63) is 53.6 Å². The minimum Gasteiger partial charge on any atom is -0.493 e. The van der Waals surface area contributed by atoms with Gasteiger partial charge in [-0.1, -0.05) is 12.1 Å². The maximum absolute atomic E-state index is 12.3. The molecule has 9 heteroatoms. The molecule has 0 radical (unpaired) electrons. The van der Waals surface area contributed by atoms with Gasteiger partial charge in [-0.3, -0.25) is 9.59 Å². The van der Waals surface area contributed by atoms with E-state index in [0.717, 1.165) is 12.1 Å². The van der Waals surface area contributed by atoms with Crippen molar-refractivity contribution in [1.82, 2.24) is 0 Å². The Labute approximate surface area is 159 Å². The first-order valence-electron chi connectivity index (χ1n) is 8.01. The number of halogens is 2. The van der Waals surface area contributed by atoms with Gasteiger partial charge in [0.15, 0.2) is 23.9 Å². The van der Waals surface area contributed by atoms with Crippen molar-refractivity contribution >= 4 is 23.3 Å². The highest BCUT2D eigenvalue weighted by molar-refractivity contribution is 6.04. The zero-order valence-corrected chi connectivity index (χ0v) is 15.0. The lowest BCUT2D eigenvalue weighted by Gasteiger charge is -2.12. The predicted octanol–water partition coefficient (Wildman–Crippen LogP) is 3.29. The van der Waals surface area contributed by atoms with Crippen molar-refractivity contribution in [1.29, 1.82) is 0 Å². The number of alkyl halides is 2. The fourth-order valence-electron chi connectivity index (χ4n) is 2.29. The number of nitrogens with one attached hydrogen (secondary N) is 1. The minimum atomic E-state index is -3.05. The second-order valence-electron chi connectivity index (χ2n) is 5.47. The van der Waals surface area contributed by atoms with Crippen molar-refractivity contribution in [2.45, 2.75) is 13.5 Å². The number of hydrogen-bond acceptors (Lipinski definition) is 6. The van der Waals surface area contributed by atoms with E-state index in [2.05, 4.69) is 10.1 Å². The van der Waals surface area contributed by atoms with E-state index < -0.39 is 25.1 Å². The molecule has 148 valence electrons. The molecule has 1 amide bonds. The highest BCUT2D eigenvalue weighted by atomic mass is 19.3. The van der Waals surface area contributed by atoms with Crippen LogP contribution >= 0.6 is 0 Å². The van der Waals surface area contributed by atoms with Gasteiger partial charge in [0.1, 0.15) is 0 Å². The third-order valence-corrected chi connectivity index (χ3v) is 3.53. The normalized spacial score (nSPS) is 10.3. The number of anilines is 1. The molecule has 0 aliphatic heterocycles. The van der Waals surface area contributed by atoms with Gasteiger partial charge in [0.05, 0.1) is 18.4 Å². The van der Waals surface area contributed by atoms with Crippen LogP contribution in [0.25, 0.3) is 0 Å². The molecule has 7 nitrogen and oxygen atoms in total. The summed E-state index contributed by atoms with van der Waals surface area (Å²) in [6, 6.07) is 9.88. The summed E-state index contributed by atoms with van der Waals surface area (Å²) in [6.07, 6.45) is 0. The van der Waals surface area contributed by atoms with Crippen LogP contribution in [0, 0.1) is 0 Å². The van der Waals surface area contributed by atoms with Crippen LogP contribution in [0.1, 0.15) is 27.6 Å². The van der Waals surface area contributed by atoms with Crippen LogP contribution in [-0.2, 0) is 9.53 Å². The number of esters is 1. The molecule has 0 aliphatic rings. The Morgan fingerprint density at radius 1 is 1.07 bits per heavy atom. The molecule has 0 spiro atoms. The summed E-state index contributed by atoms with van der Waals surface area (Å²) in [7, 11) is 1.22. The zero-order valence-electron chi connectivity index (χ0n) is 15.0. The summed E-state index contributed by atoms with van der Waals surface area (Å²) in [5.41, 5.74) is 0.600. The maximum atomic E-state index is 12.3. The first-order chi connectivity index (χ1) is 13.3. The van der Waals surface area contributed by atoms with Crippen LogP contribution in [0.5, 0.6) is 11.5 Å². The number of ether oxygens (including phenoxy) is 3. The Kier molecular flexibility index (Phi) is 7.02. The number of Topliss-reactive ketones (excluding diaryl/α,β-unsaturated/α-hetero) is 1. The van der Waals surface area contributed by atoms with Crippen LogP contribution in [0.15, 0.2) is 42.5 Å². The Balaban J connectivity index is 2.00.